The molecular weight excluding hydrogens is 194 g/mol. The summed E-state index contributed by atoms with van der Waals surface area (Å²) in [5.41, 5.74) is 5.78. The van der Waals surface area contributed by atoms with Gasteiger partial charge < -0.3 is 5.73 Å². The molecule has 5 heteroatoms. The van der Waals surface area contributed by atoms with Crippen LogP contribution < -0.4 is 5.73 Å². The Morgan fingerprint density at radius 3 is 2.07 bits per heavy atom. The first-order valence-electron chi connectivity index (χ1n) is 5.73. The predicted octanol–water partition coefficient (Wildman–Crippen LogP) is 1.45. The second-order valence-electron chi connectivity index (χ2n) is 3.83. The highest BCUT2D eigenvalue weighted by Crippen LogP contribution is 2.02. The number of rotatable bonds is 9. The molecule has 0 aliphatic carbocycles. The second kappa shape index (κ2) is 8.61. The van der Waals surface area contributed by atoms with Gasteiger partial charge in [-0.25, -0.2) is 0 Å². The summed E-state index contributed by atoms with van der Waals surface area (Å²) in [4.78, 5) is 12.0. The van der Waals surface area contributed by atoms with Crippen molar-refractivity contribution in [1.82, 2.24) is 4.90 Å². The van der Waals surface area contributed by atoms with E-state index in [0.29, 0.717) is 0 Å². The van der Waals surface area contributed by atoms with Crippen LogP contribution in [0.25, 0.3) is 0 Å². The van der Waals surface area contributed by atoms with Gasteiger partial charge in [0.2, 0.25) is 6.54 Å². The molecule has 0 saturated heterocycles. The summed E-state index contributed by atoms with van der Waals surface area (Å²) in [5.74, 6) is 0. The van der Waals surface area contributed by atoms with Gasteiger partial charge in [0.05, 0.1) is 0 Å². The normalized spacial score (nSPS) is 13.1. The molecule has 0 spiro atoms. The van der Waals surface area contributed by atoms with Gasteiger partial charge in [-0.1, -0.05) is 26.7 Å². The molecule has 5 nitrogen and oxygen atoms in total. The molecule has 0 fully saturated rings. The Morgan fingerprint density at radius 2 is 1.73 bits per heavy atom. The van der Waals surface area contributed by atoms with E-state index in [1.54, 1.807) is 0 Å². The Labute approximate surface area is 91.8 Å². The lowest BCUT2D eigenvalue weighted by atomic mass is 10.2. The smallest absolute Gasteiger partial charge is 0.231 e. The third kappa shape index (κ3) is 7.27. The van der Waals surface area contributed by atoms with Crippen molar-refractivity contribution in [3.05, 3.63) is 10.1 Å². The maximum atomic E-state index is 10.4. The molecule has 0 aromatic carbocycles. The van der Waals surface area contributed by atoms with Crippen LogP contribution in [0.5, 0.6) is 0 Å². The lowest BCUT2D eigenvalue weighted by Crippen LogP contribution is -2.47. The van der Waals surface area contributed by atoms with Crippen molar-refractivity contribution in [2.24, 2.45) is 5.73 Å². The molecule has 15 heavy (non-hydrogen) atoms. The van der Waals surface area contributed by atoms with Crippen LogP contribution in [-0.2, 0) is 0 Å². The SMILES string of the molecule is CCCCN(CCCC)C(N)C[N+](=O)[O-]. The molecule has 0 heterocycles. The highest BCUT2D eigenvalue weighted by molar-refractivity contribution is 4.65. The number of hydrogen-bond acceptors (Lipinski definition) is 4. The van der Waals surface area contributed by atoms with Crippen LogP contribution in [-0.4, -0.2) is 35.6 Å². The Balaban J connectivity index is 4.00. The van der Waals surface area contributed by atoms with Crippen LogP contribution in [0.1, 0.15) is 39.5 Å². The summed E-state index contributed by atoms with van der Waals surface area (Å²) in [6.07, 6.45) is 3.85. The molecule has 0 bridgehead atoms. The van der Waals surface area contributed by atoms with Gasteiger partial charge >= 0.3 is 0 Å². The zero-order valence-electron chi connectivity index (χ0n) is 9.82. The minimum atomic E-state index is -0.432. The molecule has 0 radical (unpaired) electrons. The van der Waals surface area contributed by atoms with Gasteiger partial charge in [-0.3, -0.25) is 15.0 Å². The molecule has 1 unspecified atom stereocenters. The Bertz CT molecular complexity index is 168. The molecule has 0 saturated carbocycles. The predicted molar refractivity (Wildman–Crippen MR) is 61.2 cm³/mol. The fourth-order valence-corrected chi connectivity index (χ4v) is 1.43. The van der Waals surface area contributed by atoms with Crippen molar-refractivity contribution in [1.29, 1.82) is 0 Å². The monoisotopic (exact) mass is 217 g/mol. The minimum absolute atomic E-state index is 0.159. The first kappa shape index (κ1) is 14.3. The van der Waals surface area contributed by atoms with Crippen LogP contribution in [0, 0.1) is 10.1 Å². The quantitative estimate of drug-likeness (QED) is 0.360. The van der Waals surface area contributed by atoms with E-state index in [4.69, 9.17) is 5.73 Å². The van der Waals surface area contributed by atoms with Crippen molar-refractivity contribution in [3.63, 3.8) is 0 Å². The van der Waals surface area contributed by atoms with Gasteiger partial charge in [-0.15, -0.1) is 0 Å². The van der Waals surface area contributed by atoms with E-state index in [2.05, 4.69) is 13.8 Å². The van der Waals surface area contributed by atoms with E-state index in [0.717, 1.165) is 38.8 Å². The molecule has 90 valence electrons. The third-order valence-corrected chi connectivity index (χ3v) is 2.40. The highest BCUT2D eigenvalue weighted by Gasteiger charge is 2.17. The summed E-state index contributed by atoms with van der Waals surface area (Å²) >= 11 is 0. The van der Waals surface area contributed by atoms with E-state index in [1.165, 1.54) is 0 Å². The molecule has 2 N–H and O–H groups in total. The molecule has 0 aromatic heterocycles. The van der Waals surface area contributed by atoms with Gasteiger partial charge in [-0.05, 0) is 25.9 Å². The van der Waals surface area contributed by atoms with E-state index >= 15 is 0 Å². The summed E-state index contributed by atoms with van der Waals surface area (Å²) in [6.45, 7) is 5.79. The number of hydrogen-bond donors (Lipinski definition) is 1. The average molecular weight is 217 g/mol. The minimum Gasteiger partial charge on any atom is -0.310 e. The summed E-state index contributed by atoms with van der Waals surface area (Å²) in [6, 6.07) is 0. The molecule has 1 atom stereocenters. The van der Waals surface area contributed by atoms with Gasteiger partial charge in [0.15, 0.2) is 0 Å². The zero-order chi connectivity index (χ0) is 11.7. The maximum absolute atomic E-state index is 10.4. The maximum Gasteiger partial charge on any atom is 0.231 e. The van der Waals surface area contributed by atoms with Crippen molar-refractivity contribution in [2.75, 3.05) is 19.6 Å². The molecule has 0 aromatic rings. The van der Waals surface area contributed by atoms with Crippen LogP contribution in [0.15, 0.2) is 0 Å². The fraction of sp³-hybridized carbons (Fsp3) is 1.00. The van der Waals surface area contributed by atoms with Crippen molar-refractivity contribution >= 4 is 0 Å². The standard InChI is InChI=1S/C10H23N3O2/c1-3-5-7-12(8-6-4-2)10(11)9-13(14)15/h10H,3-9,11H2,1-2H3. The average Bonchev–Trinajstić information content (AvgIpc) is 2.17. The van der Waals surface area contributed by atoms with Crippen molar-refractivity contribution in [2.45, 2.75) is 45.7 Å². The van der Waals surface area contributed by atoms with Crippen LogP contribution in [0.2, 0.25) is 0 Å². The largest absolute Gasteiger partial charge is 0.310 e. The van der Waals surface area contributed by atoms with Crippen LogP contribution in [0.3, 0.4) is 0 Å². The highest BCUT2D eigenvalue weighted by atomic mass is 16.6. The summed E-state index contributed by atoms with van der Waals surface area (Å²) in [5, 5.41) is 10.4. The van der Waals surface area contributed by atoms with Gasteiger partial charge in [-0.2, -0.15) is 0 Å². The lowest BCUT2D eigenvalue weighted by Gasteiger charge is -2.25. The fourth-order valence-electron chi connectivity index (χ4n) is 1.43. The number of nitrogens with zero attached hydrogens (tertiary/aromatic N) is 2. The lowest BCUT2D eigenvalue weighted by molar-refractivity contribution is -0.486. The van der Waals surface area contributed by atoms with E-state index in [9.17, 15) is 10.1 Å². The van der Waals surface area contributed by atoms with E-state index in [1.807, 2.05) is 4.90 Å². The molecule has 0 aliphatic heterocycles. The number of nitro groups is 1. The van der Waals surface area contributed by atoms with Crippen LogP contribution in [0.4, 0.5) is 0 Å². The van der Waals surface area contributed by atoms with E-state index < -0.39 is 6.17 Å². The van der Waals surface area contributed by atoms with Gasteiger partial charge in [0.25, 0.3) is 0 Å². The number of nitrogens with two attached hydrogens (primary N) is 1. The Morgan fingerprint density at radius 1 is 1.27 bits per heavy atom. The first-order chi connectivity index (χ1) is 7.11. The molecule has 0 amide bonds. The van der Waals surface area contributed by atoms with Gasteiger partial charge in [0, 0.05) is 4.92 Å². The van der Waals surface area contributed by atoms with Gasteiger partial charge in [0.1, 0.15) is 6.17 Å². The Hall–Kier alpha value is -0.680. The third-order valence-electron chi connectivity index (χ3n) is 2.40. The van der Waals surface area contributed by atoms with Crippen LogP contribution >= 0.6 is 0 Å². The molecule has 0 rings (SSSR count). The number of unbranched alkanes of at least 4 members (excludes halogenated alkanes) is 2. The first-order valence-corrected chi connectivity index (χ1v) is 5.73. The zero-order valence-corrected chi connectivity index (χ0v) is 9.82. The topological polar surface area (TPSA) is 72.4 Å². The van der Waals surface area contributed by atoms with Crippen molar-refractivity contribution < 1.29 is 4.92 Å². The summed E-state index contributed by atoms with van der Waals surface area (Å²) < 4.78 is 0. The Kier molecular flexibility index (Phi) is 8.22. The molecule has 0 aliphatic rings. The van der Waals surface area contributed by atoms with Crippen molar-refractivity contribution in [3.8, 4) is 0 Å². The second-order valence-corrected chi connectivity index (χ2v) is 3.83. The summed E-state index contributed by atoms with van der Waals surface area (Å²) in [7, 11) is 0. The molecular formula is C10H23N3O2. The van der Waals surface area contributed by atoms with E-state index in [-0.39, 0.29) is 11.5 Å².